The number of aromatic nitrogens is 3. The van der Waals surface area contributed by atoms with Gasteiger partial charge in [0.25, 0.3) is 0 Å². The van der Waals surface area contributed by atoms with Crippen LogP contribution in [0.25, 0.3) is 5.65 Å². The lowest BCUT2D eigenvalue weighted by Crippen LogP contribution is -2.44. The van der Waals surface area contributed by atoms with Gasteiger partial charge in [0.15, 0.2) is 5.65 Å². The first-order chi connectivity index (χ1) is 10.1. The second-order valence-corrected chi connectivity index (χ2v) is 6.66. The summed E-state index contributed by atoms with van der Waals surface area (Å²) in [4.78, 5) is 7.06. The molecule has 0 aliphatic carbocycles. The standard InChI is InChI=1S/C11H12Br2N6.C2H6/c12-7-3-16-19-9(14)8(13)11(17-10(7)19)18-4-5-1-6(18)2-15-5;1-2/h3,5-6,15H,1-2,4,14H2;1-2H3. The number of nitrogens with one attached hydrogen (secondary N) is 1. The average Bonchev–Trinajstić information content (AvgIpc) is 3.21. The summed E-state index contributed by atoms with van der Waals surface area (Å²) >= 11 is 7.03. The summed E-state index contributed by atoms with van der Waals surface area (Å²) in [6.45, 7) is 6.00. The molecule has 6 nitrogen and oxygen atoms in total. The van der Waals surface area contributed by atoms with Gasteiger partial charge < -0.3 is 16.0 Å². The Labute approximate surface area is 140 Å². The third-order valence-electron chi connectivity index (χ3n) is 3.89. The SMILES string of the molecule is CC.Nc1c(Br)c(N2CC3CC2CN3)nc2c(Br)cnn12. The van der Waals surface area contributed by atoms with E-state index in [4.69, 9.17) is 10.7 Å². The van der Waals surface area contributed by atoms with Gasteiger partial charge in [0.05, 0.1) is 10.7 Å². The zero-order chi connectivity index (χ0) is 15.1. The first-order valence-corrected chi connectivity index (χ1v) is 8.72. The van der Waals surface area contributed by atoms with E-state index in [1.165, 1.54) is 6.42 Å². The van der Waals surface area contributed by atoms with Gasteiger partial charge in [0.2, 0.25) is 0 Å². The number of fused-ring (bicyclic) bond motifs is 3. The van der Waals surface area contributed by atoms with Crippen LogP contribution in [0.4, 0.5) is 11.6 Å². The Morgan fingerprint density at radius 3 is 2.76 bits per heavy atom. The van der Waals surface area contributed by atoms with Crippen LogP contribution in [0.3, 0.4) is 0 Å². The van der Waals surface area contributed by atoms with E-state index in [1.54, 1.807) is 10.7 Å². The van der Waals surface area contributed by atoms with E-state index in [0.717, 1.165) is 33.5 Å². The van der Waals surface area contributed by atoms with Gasteiger partial charge in [0, 0.05) is 25.2 Å². The van der Waals surface area contributed by atoms with E-state index in [2.05, 4.69) is 47.2 Å². The van der Waals surface area contributed by atoms with Crippen molar-refractivity contribution in [3.05, 3.63) is 15.1 Å². The number of anilines is 2. The lowest BCUT2D eigenvalue weighted by molar-refractivity contribution is 0.576. The molecule has 4 rings (SSSR count). The fraction of sp³-hybridized carbons (Fsp3) is 0.538. The molecule has 0 spiro atoms. The lowest BCUT2D eigenvalue weighted by atomic mass is 10.2. The molecule has 21 heavy (non-hydrogen) atoms. The second-order valence-electron chi connectivity index (χ2n) is 5.01. The molecule has 2 saturated heterocycles. The summed E-state index contributed by atoms with van der Waals surface area (Å²) in [7, 11) is 0. The molecule has 0 radical (unpaired) electrons. The minimum atomic E-state index is 0.511. The van der Waals surface area contributed by atoms with E-state index >= 15 is 0 Å². The van der Waals surface area contributed by atoms with Crippen LogP contribution in [-0.4, -0.2) is 39.8 Å². The topological polar surface area (TPSA) is 71.5 Å². The van der Waals surface area contributed by atoms with Crippen molar-refractivity contribution in [1.82, 2.24) is 19.9 Å². The number of halogens is 2. The minimum Gasteiger partial charge on any atom is -0.383 e. The van der Waals surface area contributed by atoms with Gasteiger partial charge >= 0.3 is 0 Å². The molecule has 0 saturated carbocycles. The van der Waals surface area contributed by atoms with Crippen molar-refractivity contribution in [3.8, 4) is 0 Å². The molecule has 114 valence electrons. The first-order valence-electron chi connectivity index (χ1n) is 7.13. The van der Waals surface area contributed by atoms with Gasteiger partial charge in [-0.2, -0.15) is 9.61 Å². The van der Waals surface area contributed by atoms with E-state index in [0.29, 0.717) is 17.9 Å². The Kier molecular flexibility index (Phi) is 4.11. The smallest absolute Gasteiger partial charge is 0.173 e. The molecule has 3 N–H and O–H groups in total. The molecule has 8 heteroatoms. The number of rotatable bonds is 1. The average molecular weight is 418 g/mol. The molecule has 2 fully saturated rings. The third kappa shape index (κ3) is 2.33. The number of hydrogen-bond acceptors (Lipinski definition) is 5. The quantitative estimate of drug-likeness (QED) is 0.745. The molecule has 2 aromatic rings. The predicted molar refractivity (Wildman–Crippen MR) is 91.7 cm³/mol. The molecule has 2 bridgehead atoms. The first kappa shape index (κ1) is 15.1. The van der Waals surface area contributed by atoms with Crippen molar-refractivity contribution in [2.45, 2.75) is 32.4 Å². The van der Waals surface area contributed by atoms with Crippen LogP contribution in [0.1, 0.15) is 20.3 Å². The van der Waals surface area contributed by atoms with Crippen LogP contribution in [0.2, 0.25) is 0 Å². The van der Waals surface area contributed by atoms with Crippen molar-refractivity contribution in [1.29, 1.82) is 0 Å². The summed E-state index contributed by atoms with van der Waals surface area (Å²) in [6.07, 6.45) is 2.90. The van der Waals surface area contributed by atoms with Gasteiger partial charge in [-0.25, -0.2) is 4.98 Å². The van der Waals surface area contributed by atoms with Crippen LogP contribution in [0, 0.1) is 0 Å². The Balaban J connectivity index is 0.000000636. The highest BCUT2D eigenvalue weighted by atomic mass is 79.9. The Hall–Kier alpha value is -0.860. The number of hydrogen-bond donors (Lipinski definition) is 2. The summed E-state index contributed by atoms with van der Waals surface area (Å²) in [5, 5.41) is 7.71. The van der Waals surface area contributed by atoms with E-state index in [1.807, 2.05) is 13.8 Å². The predicted octanol–water partition coefficient (Wildman–Crippen LogP) is 2.41. The third-order valence-corrected chi connectivity index (χ3v) is 5.21. The molecule has 0 aromatic carbocycles. The molecule has 2 aliphatic heterocycles. The maximum Gasteiger partial charge on any atom is 0.173 e. The van der Waals surface area contributed by atoms with Gasteiger partial charge in [-0.05, 0) is 38.3 Å². The summed E-state index contributed by atoms with van der Waals surface area (Å²) in [5.41, 5.74) is 6.90. The minimum absolute atomic E-state index is 0.511. The van der Waals surface area contributed by atoms with Crippen LogP contribution < -0.4 is 16.0 Å². The van der Waals surface area contributed by atoms with Crippen molar-refractivity contribution < 1.29 is 0 Å². The van der Waals surface area contributed by atoms with E-state index in [9.17, 15) is 0 Å². The summed E-state index contributed by atoms with van der Waals surface area (Å²) in [6, 6.07) is 1.09. The number of piperazine rings is 1. The van der Waals surface area contributed by atoms with Gasteiger partial charge in [-0.1, -0.05) is 13.8 Å². The molecule has 4 heterocycles. The lowest BCUT2D eigenvalue weighted by Gasteiger charge is -2.29. The van der Waals surface area contributed by atoms with Crippen LogP contribution in [0.5, 0.6) is 0 Å². The van der Waals surface area contributed by atoms with Gasteiger partial charge in [-0.3, -0.25) is 0 Å². The maximum absolute atomic E-state index is 6.15. The van der Waals surface area contributed by atoms with Crippen LogP contribution in [0.15, 0.2) is 15.1 Å². The summed E-state index contributed by atoms with van der Waals surface area (Å²) < 4.78 is 3.32. The normalized spacial score (nSPS) is 23.5. The summed E-state index contributed by atoms with van der Waals surface area (Å²) in [5.74, 6) is 1.50. The number of nitrogens with zero attached hydrogens (tertiary/aromatic N) is 4. The Bertz CT molecular complexity index is 670. The molecular weight excluding hydrogens is 400 g/mol. The highest BCUT2D eigenvalue weighted by molar-refractivity contribution is 9.11. The second kappa shape index (κ2) is 5.73. The molecule has 2 aromatic heterocycles. The monoisotopic (exact) mass is 416 g/mol. The fourth-order valence-electron chi connectivity index (χ4n) is 2.97. The largest absolute Gasteiger partial charge is 0.383 e. The number of nitrogen functional groups attached to an aromatic ring is 1. The van der Waals surface area contributed by atoms with Gasteiger partial charge in [0.1, 0.15) is 16.1 Å². The maximum atomic E-state index is 6.15. The zero-order valence-corrected chi connectivity index (χ0v) is 15.1. The Morgan fingerprint density at radius 1 is 1.38 bits per heavy atom. The highest BCUT2D eigenvalue weighted by Crippen LogP contribution is 2.37. The zero-order valence-electron chi connectivity index (χ0n) is 12.0. The van der Waals surface area contributed by atoms with Crippen molar-refractivity contribution in [2.24, 2.45) is 0 Å². The Morgan fingerprint density at radius 2 is 2.14 bits per heavy atom. The van der Waals surface area contributed by atoms with Crippen molar-refractivity contribution in [3.63, 3.8) is 0 Å². The molecule has 2 atom stereocenters. The van der Waals surface area contributed by atoms with E-state index < -0.39 is 0 Å². The fourth-order valence-corrected chi connectivity index (χ4v) is 3.80. The van der Waals surface area contributed by atoms with Gasteiger partial charge in [-0.15, -0.1) is 0 Å². The molecule has 2 aliphatic rings. The highest BCUT2D eigenvalue weighted by Gasteiger charge is 2.39. The van der Waals surface area contributed by atoms with Crippen molar-refractivity contribution in [2.75, 3.05) is 23.7 Å². The van der Waals surface area contributed by atoms with Crippen molar-refractivity contribution >= 4 is 49.1 Å². The molecular formula is C13H18Br2N6. The molecule has 0 amide bonds. The van der Waals surface area contributed by atoms with Crippen LogP contribution in [-0.2, 0) is 0 Å². The van der Waals surface area contributed by atoms with Crippen LogP contribution >= 0.6 is 31.9 Å². The van der Waals surface area contributed by atoms with E-state index in [-0.39, 0.29) is 0 Å². The molecule has 2 unspecified atom stereocenters. The number of nitrogens with two attached hydrogens (primary N) is 1.